The molecule has 1 aliphatic heterocycles. The van der Waals surface area contributed by atoms with Crippen molar-refractivity contribution < 1.29 is 19.1 Å². The van der Waals surface area contributed by atoms with Crippen molar-refractivity contribution in [2.75, 3.05) is 18.6 Å². The molecular weight excluding hydrogens is 378 g/mol. The summed E-state index contributed by atoms with van der Waals surface area (Å²) in [6, 6.07) is 13.2. The van der Waals surface area contributed by atoms with Crippen LogP contribution in [0.2, 0.25) is 0 Å². The fourth-order valence-corrected chi connectivity index (χ4v) is 3.59. The van der Waals surface area contributed by atoms with Crippen molar-refractivity contribution in [3.8, 4) is 5.75 Å². The highest BCUT2D eigenvalue weighted by Gasteiger charge is 2.38. The summed E-state index contributed by atoms with van der Waals surface area (Å²) in [5.41, 5.74) is 4.64. The number of hydrogen-bond donors (Lipinski definition) is 0. The molecule has 2 aromatic rings. The first-order valence-corrected chi connectivity index (χ1v) is 9.63. The molecule has 0 N–H and O–H groups in total. The lowest BCUT2D eigenvalue weighted by atomic mass is 10.0. The van der Waals surface area contributed by atoms with Gasteiger partial charge < -0.3 is 9.47 Å². The number of nitrogens with zero attached hydrogens (tertiary/aromatic N) is 1. The normalized spacial score (nSPS) is 15.0. The molecule has 0 bridgehead atoms. The number of aryl methyl sites for hydroxylation is 2. The van der Waals surface area contributed by atoms with E-state index in [-0.39, 0.29) is 11.5 Å². The van der Waals surface area contributed by atoms with E-state index in [1.165, 1.54) is 7.11 Å². The Morgan fingerprint density at radius 2 is 1.80 bits per heavy atom. The number of esters is 1. The van der Waals surface area contributed by atoms with Crippen molar-refractivity contribution in [1.29, 1.82) is 0 Å². The van der Waals surface area contributed by atoms with Crippen LogP contribution in [0.5, 0.6) is 5.75 Å². The Hall–Kier alpha value is -3.60. The smallest absolute Gasteiger partial charge is 0.340 e. The Balaban J connectivity index is 2.10. The highest BCUT2D eigenvalue weighted by Crippen LogP contribution is 2.36. The lowest BCUT2D eigenvalue weighted by Crippen LogP contribution is -2.24. The maximum absolute atomic E-state index is 13.4. The second-order valence-electron chi connectivity index (χ2n) is 7.17. The van der Waals surface area contributed by atoms with Crippen molar-refractivity contribution >= 4 is 23.6 Å². The molecule has 0 aromatic heterocycles. The van der Waals surface area contributed by atoms with E-state index in [9.17, 15) is 9.59 Å². The average Bonchev–Trinajstić information content (AvgIpc) is 2.95. The van der Waals surface area contributed by atoms with Crippen molar-refractivity contribution in [3.63, 3.8) is 0 Å². The highest BCUT2D eigenvalue weighted by atomic mass is 16.5. The van der Waals surface area contributed by atoms with E-state index in [1.54, 1.807) is 24.0 Å². The zero-order chi connectivity index (χ0) is 21.8. The molecule has 5 heteroatoms. The minimum Gasteiger partial charge on any atom is -0.490 e. The maximum atomic E-state index is 13.4. The second-order valence-corrected chi connectivity index (χ2v) is 7.17. The number of carbonyl (C=O) groups excluding carboxylic acids is 2. The third-order valence-electron chi connectivity index (χ3n) is 4.79. The minimum absolute atomic E-state index is 0.263. The number of hydrogen-bond acceptors (Lipinski definition) is 4. The molecule has 0 aliphatic carbocycles. The summed E-state index contributed by atoms with van der Waals surface area (Å²) in [6.45, 7) is 9.73. The summed E-state index contributed by atoms with van der Waals surface area (Å²) in [4.78, 5) is 27.5. The van der Waals surface area contributed by atoms with Gasteiger partial charge in [0, 0.05) is 11.4 Å². The van der Waals surface area contributed by atoms with Crippen LogP contribution in [0.1, 0.15) is 23.6 Å². The van der Waals surface area contributed by atoms with Crippen molar-refractivity contribution in [3.05, 3.63) is 88.7 Å². The molecule has 0 spiro atoms. The Labute approximate surface area is 176 Å². The van der Waals surface area contributed by atoms with Gasteiger partial charge in [0.1, 0.15) is 12.4 Å². The van der Waals surface area contributed by atoms with Gasteiger partial charge in [-0.15, -0.1) is 0 Å². The van der Waals surface area contributed by atoms with Gasteiger partial charge in [-0.3, -0.25) is 9.69 Å². The van der Waals surface area contributed by atoms with Crippen LogP contribution >= 0.6 is 0 Å². The van der Waals surface area contributed by atoms with Crippen LogP contribution in [0.25, 0.3) is 6.08 Å². The van der Waals surface area contributed by atoms with E-state index >= 15 is 0 Å². The molecule has 154 valence electrons. The van der Waals surface area contributed by atoms with Crippen LogP contribution in [0, 0.1) is 13.8 Å². The SMILES string of the molecule is C=CCOc1cccc(/C=C2\C(=O)N(c3cc(C)cc(C)c3)C(C)=C2C(=O)OC)c1. The first-order valence-electron chi connectivity index (χ1n) is 9.63. The van der Waals surface area contributed by atoms with Crippen LogP contribution in [0.4, 0.5) is 5.69 Å². The van der Waals surface area contributed by atoms with E-state index in [0.29, 0.717) is 23.6 Å². The van der Waals surface area contributed by atoms with Crippen LogP contribution in [0.15, 0.2) is 72.0 Å². The van der Waals surface area contributed by atoms with E-state index in [1.807, 2.05) is 56.3 Å². The molecule has 1 heterocycles. The highest BCUT2D eigenvalue weighted by molar-refractivity contribution is 6.23. The number of carbonyl (C=O) groups is 2. The summed E-state index contributed by atoms with van der Waals surface area (Å²) >= 11 is 0. The monoisotopic (exact) mass is 403 g/mol. The molecule has 0 saturated carbocycles. The molecule has 1 amide bonds. The molecular formula is C25H25NO4. The van der Waals surface area contributed by atoms with Gasteiger partial charge in [-0.05, 0) is 67.8 Å². The van der Waals surface area contributed by atoms with Gasteiger partial charge in [-0.1, -0.05) is 30.9 Å². The molecule has 5 nitrogen and oxygen atoms in total. The summed E-state index contributed by atoms with van der Waals surface area (Å²) in [6.07, 6.45) is 3.36. The van der Waals surface area contributed by atoms with E-state index in [2.05, 4.69) is 6.58 Å². The van der Waals surface area contributed by atoms with Gasteiger partial charge in [0.15, 0.2) is 0 Å². The van der Waals surface area contributed by atoms with Crippen LogP contribution in [0.3, 0.4) is 0 Å². The van der Waals surface area contributed by atoms with E-state index in [4.69, 9.17) is 9.47 Å². The number of rotatable bonds is 6. The van der Waals surface area contributed by atoms with Gasteiger partial charge in [0.05, 0.1) is 18.3 Å². The van der Waals surface area contributed by atoms with Crippen LogP contribution in [-0.2, 0) is 14.3 Å². The first kappa shape index (κ1) is 21.1. The number of amides is 1. The number of allylic oxidation sites excluding steroid dienone is 1. The number of benzene rings is 2. The van der Waals surface area contributed by atoms with Crippen LogP contribution < -0.4 is 9.64 Å². The van der Waals surface area contributed by atoms with Gasteiger partial charge in [-0.2, -0.15) is 0 Å². The van der Waals surface area contributed by atoms with Crippen molar-refractivity contribution in [1.82, 2.24) is 0 Å². The summed E-state index contributed by atoms with van der Waals surface area (Å²) in [7, 11) is 1.31. The standard InChI is InChI=1S/C25H25NO4/c1-6-10-30-21-9-7-8-19(14-21)15-22-23(25(28)29-5)18(4)26(24(22)27)20-12-16(2)11-17(3)13-20/h6-9,11-15H,1,10H2,2-5H3/b22-15-. The molecule has 3 rings (SSSR count). The zero-order valence-electron chi connectivity index (χ0n) is 17.7. The topological polar surface area (TPSA) is 55.8 Å². The second kappa shape index (κ2) is 8.82. The third-order valence-corrected chi connectivity index (χ3v) is 4.79. The minimum atomic E-state index is -0.543. The lowest BCUT2D eigenvalue weighted by Gasteiger charge is -2.19. The maximum Gasteiger partial charge on any atom is 0.340 e. The summed E-state index contributed by atoms with van der Waals surface area (Å²) < 4.78 is 10.6. The van der Waals surface area contributed by atoms with E-state index in [0.717, 1.165) is 22.4 Å². The van der Waals surface area contributed by atoms with Gasteiger partial charge in [0.2, 0.25) is 0 Å². The summed E-state index contributed by atoms with van der Waals surface area (Å²) in [5, 5.41) is 0. The molecule has 30 heavy (non-hydrogen) atoms. The Morgan fingerprint density at radius 1 is 1.10 bits per heavy atom. The Morgan fingerprint density at radius 3 is 2.43 bits per heavy atom. The first-order chi connectivity index (χ1) is 14.3. The molecule has 0 unspecified atom stereocenters. The fourth-order valence-electron chi connectivity index (χ4n) is 3.59. The predicted molar refractivity (Wildman–Crippen MR) is 118 cm³/mol. The predicted octanol–water partition coefficient (Wildman–Crippen LogP) is 4.75. The molecule has 2 aromatic carbocycles. The quantitative estimate of drug-likeness (QED) is 0.397. The Bertz CT molecular complexity index is 1060. The molecule has 1 aliphatic rings. The lowest BCUT2D eigenvalue weighted by molar-refractivity contribution is -0.136. The molecule has 0 fully saturated rings. The van der Waals surface area contributed by atoms with Crippen molar-refractivity contribution in [2.24, 2.45) is 0 Å². The van der Waals surface area contributed by atoms with Gasteiger partial charge >= 0.3 is 5.97 Å². The average molecular weight is 403 g/mol. The fraction of sp³-hybridized carbons (Fsp3) is 0.200. The number of anilines is 1. The molecule has 0 saturated heterocycles. The Kier molecular flexibility index (Phi) is 6.21. The summed E-state index contributed by atoms with van der Waals surface area (Å²) in [5.74, 6) is -0.158. The van der Waals surface area contributed by atoms with E-state index < -0.39 is 5.97 Å². The van der Waals surface area contributed by atoms with Crippen molar-refractivity contribution in [2.45, 2.75) is 20.8 Å². The third kappa shape index (κ3) is 4.20. The largest absolute Gasteiger partial charge is 0.490 e. The van der Waals surface area contributed by atoms with Gasteiger partial charge in [-0.25, -0.2) is 4.79 Å². The molecule has 0 atom stereocenters. The van der Waals surface area contributed by atoms with Crippen LogP contribution in [-0.4, -0.2) is 25.6 Å². The number of methoxy groups -OCH3 is 1. The molecule has 0 radical (unpaired) electrons. The van der Waals surface area contributed by atoms with Gasteiger partial charge in [0.25, 0.3) is 5.91 Å². The number of ether oxygens (including phenoxy) is 2. The zero-order valence-corrected chi connectivity index (χ0v) is 17.7.